The quantitative estimate of drug-likeness (QED) is 0.829. The van der Waals surface area contributed by atoms with Crippen molar-refractivity contribution < 1.29 is 9.53 Å². The lowest BCUT2D eigenvalue weighted by Crippen LogP contribution is -2.40. The molecule has 0 saturated heterocycles. The Kier molecular flexibility index (Phi) is 4.28. The van der Waals surface area contributed by atoms with E-state index in [-0.39, 0.29) is 18.1 Å². The summed E-state index contributed by atoms with van der Waals surface area (Å²) in [6.07, 6.45) is 4.81. The van der Waals surface area contributed by atoms with Crippen LogP contribution in [0.15, 0.2) is 18.3 Å². The predicted octanol–water partition coefficient (Wildman–Crippen LogP) is 0.838. The van der Waals surface area contributed by atoms with Crippen LogP contribution in [0.4, 0.5) is 0 Å². The van der Waals surface area contributed by atoms with Crippen molar-refractivity contribution in [1.82, 2.24) is 10.3 Å². The molecule has 2 unspecified atom stereocenters. The van der Waals surface area contributed by atoms with Crippen molar-refractivity contribution >= 4 is 5.91 Å². The normalized spacial score (nSPS) is 23.0. The van der Waals surface area contributed by atoms with Gasteiger partial charge in [-0.25, -0.2) is 0 Å². The average Bonchev–Trinajstić information content (AvgIpc) is 2.86. The molecule has 0 spiro atoms. The Bertz CT molecular complexity index is 422. The summed E-state index contributed by atoms with van der Waals surface area (Å²) in [5.74, 6) is -0.0824. The van der Waals surface area contributed by atoms with Gasteiger partial charge < -0.3 is 15.8 Å². The van der Waals surface area contributed by atoms with Crippen LogP contribution in [0.1, 0.15) is 35.3 Å². The zero-order chi connectivity index (χ0) is 13.0. The number of rotatable bonds is 4. The molecular formula is C13H19N3O2. The maximum atomic E-state index is 12.1. The Morgan fingerprint density at radius 1 is 1.61 bits per heavy atom. The first kappa shape index (κ1) is 13.0. The maximum absolute atomic E-state index is 12.1. The summed E-state index contributed by atoms with van der Waals surface area (Å²) in [6, 6.07) is 3.54. The molecule has 0 radical (unpaired) electrons. The Morgan fingerprint density at radius 2 is 2.44 bits per heavy atom. The van der Waals surface area contributed by atoms with Crippen molar-refractivity contribution in [3.8, 4) is 0 Å². The number of ether oxygens (including phenoxy) is 1. The van der Waals surface area contributed by atoms with E-state index in [1.807, 2.05) is 0 Å². The van der Waals surface area contributed by atoms with Crippen molar-refractivity contribution in [3.05, 3.63) is 29.6 Å². The zero-order valence-electron chi connectivity index (χ0n) is 10.6. The molecule has 5 heteroatoms. The van der Waals surface area contributed by atoms with Gasteiger partial charge in [-0.3, -0.25) is 9.78 Å². The number of amides is 1. The molecular weight excluding hydrogens is 230 g/mol. The fourth-order valence-electron chi connectivity index (χ4n) is 2.36. The van der Waals surface area contributed by atoms with Crippen LogP contribution in [0, 0.1) is 0 Å². The Morgan fingerprint density at radius 3 is 3.17 bits per heavy atom. The smallest absolute Gasteiger partial charge is 0.251 e. The molecule has 98 valence electrons. The van der Waals surface area contributed by atoms with E-state index in [9.17, 15) is 4.79 Å². The van der Waals surface area contributed by atoms with Crippen LogP contribution in [0.3, 0.4) is 0 Å². The summed E-state index contributed by atoms with van der Waals surface area (Å²) in [5, 5.41) is 3.01. The second-order valence-corrected chi connectivity index (χ2v) is 4.52. The molecule has 0 bridgehead atoms. The highest BCUT2D eigenvalue weighted by molar-refractivity contribution is 5.94. The molecule has 2 rings (SSSR count). The molecule has 1 aliphatic carbocycles. The highest BCUT2D eigenvalue weighted by Gasteiger charge is 2.28. The van der Waals surface area contributed by atoms with Gasteiger partial charge in [0.2, 0.25) is 0 Å². The van der Waals surface area contributed by atoms with Gasteiger partial charge in [0.15, 0.2) is 0 Å². The minimum Gasteiger partial charge on any atom is -0.379 e. The van der Waals surface area contributed by atoms with E-state index in [4.69, 9.17) is 10.5 Å². The molecule has 18 heavy (non-hydrogen) atoms. The summed E-state index contributed by atoms with van der Waals surface area (Å²) in [5.41, 5.74) is 6.84. The lowest BCUT2D eigenvalue weighted by atomic mass is 10.1. The van der Waals surface area contributed by atoms with E-state index in [1.54, 1.807) is 25.4 Å². The Labute approximate surface area is 107 Å². The lowest BCUT2D eigenvalue weighted by Gasteiger charge is -2.19. The second-order valence-electron chi connectivity index (χ2n) is 4.52. The number of carbonyl (C=O) groups is 1. The molecule has 1 saturated carbocycles. The summed E-state index contributed by atoms with van der Waals surface area (Å²) >= 11 is 0. The Hall–Kier alpha value is -1.46. The van der Waals surface area contributed by atoms with E-state index in [0.29, 0.717) is 12.1 Å². The highest BCUT2D eigenvalue weighted by atomic mass is 16.5. The molecule has 5 nitrogen and oxygen atoms in total. The fourth-order valence-corrected chi connectivity index (χ4v) is 2.36. The number of hydrogen-bond donors (Lipinski definition) is 2. The summed E-state index contributed by atoms with van der Waals surface area (Å²) in [7, 11) is 1.69. The first-order valence-electron chi connectivity index (χ1n) is 6.23. The molecule has 1 aromatic rings. The molecule has 1 amide bonds. The van der Waals surface area contributed by atoms with E-state index in [1.165, 1.54) is 0 Å². The summed E-state index contributed by atoms with van der Waals surface area (Å²) in [4.78, 5) is 16.2. The topological polar surface area (TPSA) is 77.2 Å². The van der Waals surface area contributed by atoms with Crippen LogP contribution < -0.4 is 11.1 Å². The van der Waals surface area contributed by atoms with Gasteiger partial charge in [-0.1, -0.05) is 0 Å². The second kappa shape index (κ2) is 5.93. The molecule has 1 fully saturated rings. The number of nitrogens with zero attached hydrogens (tertiary/aromatic N) is 1. The number of carbonyl (C=O) groups excluding carboxylic acids is 1. The van der Waals surface area contributed by atoms with Crippen LogP contribution in [0.25, 0.3) is 0 Å². The third kappa shape index (κ3) is 2.86. The van der Waals surface area contributed by atoms with Gasteiger partial charge in [-0.15, -0.1) is 0 Å². The van der Waals surface area contributed by atoms with Crippen LogP contribution >= 0.6 is 0 Å². The monoisotopic (exact) mass is 249 g/mol. The molecule has 0 aromatic carbocycles. The van der Waals surface area contributed by atoms with Gasteiger partial charge in [-0.2, -0.15) is 0 Å². The van der Waals surface area contributed by atoms with Crippen molar-refractivity contribution in [2.75, 3.05) is 7.11 Å². The van der Waals surface area contributed by atoms with Crippen LogP contribution in [0.2, 0.25) is 0 Å². The van der Waals surface area contributed by atoms with Gasteiger partial charge in [0, 0.05) is 25.4 Å². The summed E-state index contributed by atoms with van der Waals surface area (Å²) in [6.45, 7) is 0.339. The van der Waals surface area contributed by atoms with Crippen LogP contribution in [-0.2, 0) is 11.3 Å². The third-order valence-corrected chi connectivity index (χ3v) is 3.36. The van der Waals surface area contributed by atoms with Gasteiger partial charge in [0.25, 0.3) is 5.91 Å². The molecule has 1 aromatic heterocycles. The molecule has 3 N–H and O–H groups in total. The Balaban J connectivity index is 2.02. The zero-order valence-corrected chi connectivity index (χ0v) is 10.6. The van der Waals surface area contributed by atoms with Crippen molar-refractivity contribution in [2.45, 2.75) is 38.0 Å². The van der Waals surface area contributed by atoms with E-state index >= 15 is 0 Å². The number of hydrogen-bond acceptors (Lipinski definition) is 4. The van der Waals surface area contributed by atoms with Crippen LogP contribution in [0.5, 0.6) is 0 Å². The van der Waals surface area contributed by atoms with E-state index in [2.05, 4.69) is 10.3 Å². The fraction of sp³-hybridized carbons (Fsp3) is 0.538. The number of pyridine rings is 1. The largest absolute Gasteiger partial charge is 0.379 e. The van der Waals surface area contributed by atoms with E-state index in [0.717, 1.165) is 25.0 Å². The number of methoxy groups -OCH3 is 1. The highest BCUT2D eigenvalue weighted by Crippen LogP contribution is 2.21. The number of aromatic nitrogens is 1. The van der Waals surface area contributed by atoms with Crippen molar-refractivity contribution in [1.29, 1.82) is 0 Å². The minimum atomic E-state index is -0.0824. The van der Waals surface area contributed by atoms with Gasteiger partial charge in [-0.05, 0) is 31.4 Å². The summed E-state index contributed by atoms with van der Waals surface area (Å²) < 4.78 is 5.36. The number of nitrogens with two attached hydrogens (primary N) is 1. The van der Waals surface area contributed by atoms with Gasteiger partial charge in [0.1, 0.15) is 0 Å². The third-order valence-electron chi connectivity index (χ3n) is 3.36. The standard InChI is InChI=1S/C13H19N3O2/c1-18-12-4-2-3-11(12)16-13(17)9-5-6-15-10(7-9)8-14/h5-7,11-12H,2-4,8,14H2,1H3,(H,16,17). The van der Waals surface area contributed by atoms with Crippen molar-refractivity contribution in [3.63, 3.8) is 0 Å². The first-order chi connectivity index (χ1) is 8.74. The molecule has 1 heterocycles. The molecule has 2 atom stereocenters. The lowest BCUT2D eigenvalue weighted by molar-refractivity contribution is 0.0722. The van der Waals surface area contributed by atoms with E-state index < -0.39 is 0 Å². The minimum absolute atomic E-state index is 0.0824. The van der Waals surface area contributed by atoms with Gasteiger partial charge in [0.05, 0.1) is 17.8 Å². The SMILES string of the molecule is COC1CCCC1NC(=O)c1ccnc(CN)c1. The first-order valence-corrected chi connectivity index (χ1v) is 6.23. The maximum Gasteiger partial charge on any atom is 0.251 e. The van der Waals surface area contributed by atoms with Gasteiger partial charge >= 0.3 is 0 Å². The average molecular weight is 249 g/mol. The van der Waals surface area contributed by atoms with Crippen LogP contribution in [-0.4, -0.2) is 30.1 Å². The molecule has 1 aliphatic rings. The predicted molar refractivity (Wildman–Crippen MR) is 68.0 cm³/mol. The van der Waals surface area contributed by atoms with Crippen molar-refractivity contribution in [2.24, 2.45) is 5.73 Å². The molecule has 0 aliphatic heterocycles. The number of nitrogens with one attached hydrogen (secondary N) is 1.